The van der Waals surface area contributed by atoms with Gasteiger partial charge < -0.3 is 10.1 Å². The number of carbonyl (C=O) groups is 1. The predicted octanol–water partition coefficient (Wildman–Crippen LogP) is 5.45. The molecule has 3 aromatic carbocycles. The second-order valence-corrected chi connectivity index (χ2v) is 8.39. The Morgan fingerprint density at radius 1 is 1.00 bits per heavy atom. The van der Waals surface area contributed by atoms with Crippen LogP contribution < -0.4 is 15.6 Å². The second kappa shape index (κ2) is 10.5. The number of hydrogen-bond acceptors (Lipinski definition) is 4. The van der Waals surface area contributed by atoms with E-state index in [1.807, 2.05) is 42.5 Å². The molecular formula is C28H25F2N3O3. The van der Waals surface area contributed by atoms with Crippen molar-refractivity contribution in [3.8, 4) is 17.0 Å². The average Bonchev–Trinajstić information content (AvgIpc) is 2.88. The summed E-state index contributed by atoms with van der Waals surface area (Å²) in [4.78, 5) is 26.3. The van der Waals surface area contributed by atoms with E-state index in [9.17, 15) is 18.4 Å². The molecule has 0 spiro atoms. The number of halogens is 2. The highest BCUT2D eigenvalue weighted by atomic mass is 19.3. The number of nitrogens with zero attached hydrogens (tertiary/aromatic N) is 2. The van der Waals surface area contributed by atoms with E-state index in [0.717, 1.165) is 22.7 Å². The van der Waals surface area contributed by atoms with Crippen molar-refractivity contribution in [1.29, 1.82) is 0 Å². The van der Waals surface area contributed by atoms with Crippen LogP contribution in [0, 0.1) is 0 Å². The van der Waals surface area contributed by atoms with Crippen molar-refractivity contribution in [2.24, 2.45) is 0 Å². The molecule has 4 aromatic rings. The number of methoxy groups -OCH3 is 1. The molecular weight excluding hydrogens is 464 g/mol. The molecule has 0 saturated carbocycles. The first-order chi connectivity index (χ1) is 17.2. The Kier molecular flexibility index (Phi) is 7.24. The molecule has 1 atom stereocenters. The van der Waals surface area contributed by atoms with Gasteiger partial charge in [0.2, 0.25) is 5.91 Å². The van der Waals surface area contributed by atoms with Crippen LogP contribution in [0.2, 0.25) is 0 Å². The van der Waals surface area contributed by atoms with Gasteiger partial charge in [0.1, 0.15) is 11.8 Å². The number of aromatic nitrogens is 2. The van der Waals surface area contributed by atoms with Crippen molar-refractivity contribution in [3.63, 3.8) is 0 Å². The fraction of sp³-hybridized carbons (Fsp3) is 0.179. The minimum Gasteiger partial charge on any atom is -0.497 e. The van der Waals surface area contributed by atoms with Crippen molar-refractivity contribution in [3.05, 3.63) is 112 Å². The summed E-state index contributed by atoms with van der Waals surface area (Å²) >= 11 is 0. The first-order valence-electron chi connectivity index (χ1n) is 11.3. The predicted molar refractivity (Wildman–Crippen MR) is 134 cm³/mol. The van der Waals surface area contributed by atoms with Crippen molar-refractivity contribution in [2.45, 2.75) is 25.3 Å². The maximum Gasteiger partial charge on any atom is 0.270 e. The molecule has 1 N–H and O–H groups in total. The van der Waals surface area contributed by atoms with Gasteiger partial charge in [-0.3, -0.25) is 9.59 Å². The van der Waals surface area contributed by atoms with Gasteiger partial charge in [0, 0.05) is 36.2 Å². The van der Waals surface area contributed by atoms with E-state index >= 15 is 0 Å². The Morgan fingerprint density at radius 3 is 2.39 bits per heavy atom. The lowest BCUT2D eigenvalue weighted by Gasteiger charge is -2.20. The van der Waals surface area contributed by atoms with E-state index in [1.54, 1.807) is 25.3 Å². The van der Waals surface area contributed by atoms with Crippen molar-refractivity contribution in [1.82, 2.24) is 9.78 Å². The Labute approximate surface area is 207 Å². The zero-order valence-electron chi connectivity index (χ0n) is 19.8. The average molecular weight is 490 g/mol. The topological polar surface area (TPSA) is 73.2 Å². The van der Waals surface area contributed by atoms with Gasteiger partial charge in [-0.15, -0.1) is 0 Å². The number of amides is 1. The van der Waals surface area contributed by atoms with Gasteiger partial charge in [0.25, 0.3) is 11.5 Å². The first kappa shape index (κ1) is 24.8. The highest BCUT2D eigenvalue weighted by Gasteiger charge is 2.26. The van der Waals surface area contributed by atoms with Crippen molar-refractivity contribution in [2.75, 3.05) is 12.4 Å². The molecule has 0 bridgehead atoms. The summed E-state index contributed by atoms with van der Waals surface area (Å²) in [6, 6.07) is 23.8. The molecule has 1 unspecified atom stereocenters. The molecule has 6 nitrogen and oxygen atoms in total. The third-order valence-electron chi connectivity index (χ3n) is 5.72. The summed E-state index contributed by atoms with van der Waals surface area (Å²) in [5.41, 5.74) is 1.78. The molecule has 0 aliphatic heterocycles. The summed E-state index contributed by atoms with van der Waals surface area (Å²) in [6.07, 6.45) is 0.201. The highest BCUT2D eigenvalue weighted by Crippen LogP contribution is 2.28. The highest BCUT2D eigenvalue weighted by molar-refractivity contribution is 5.93. The van der Waals surface area contributed by atoms with E-state index in [1.165, 1.54) is 30.3 Å². The van der Waals surface area contributed by atoms with Crippen LogP contribution in [0.1, 0.15) is 24.1 Å². The van der Waals surface area contributed by atoms with Crippen molar-refractivity contribution < 1.29 is 18.3 Å². The number of hydrogen-bond donors (Lipinski definition) is 1. The smallest absolute Gasteiger partial charge is 0.270 e. The van der Waals surface area contributed by atoms with E-state index in [0.29, 0.717) is 17.1 Å². The van der Waals surface area contributed by atoms with Crippen molar-refractivity contribution >= 4 is 11.6 Å². The molecule has 36 heavy (non-hydrogen) atoms. The number of anilines is 1. The lowest BCUT2D eigenvalue weighted by Crippen LogP contribution is -2.36. The summed E-state index contributed by atoms with van der Waals surface area (Å²) in [6.45, 7) is 0.809. The molecule has 1 amide bonds. The molecule has 1 heterocycles. The van der Waals surface area contributed by atoms with Crippen LogP contribution in [0.4, 0.5) is 14.5 Å². The van der Waals surface area contributed by atoms with Gasteiger partial charge in [0.15, 0.2) is 0 Å². The quantitative estimate of drug-likeness (QED) is 0.357. The first-order valence-corrected chi connectivity index (χ1v) is 11.3. The van der Waals surface area contributed by atoms with Crippen LogP contribution in [0.3, 0.4) is 0 Å². The normalized spacial score (nSPS) is 12.1. The molecule has 0 aliphatic carbocycles. The van der Waals surface area contributed by atoms with Gasteiger partial charge in [-0.1, -0.05) is 54.6 Å². The lowest BCUT2D eigenvalue weighted by molar-refractivity contribution is -0.119. The number of carbonyl (C=O) groups excluding carboxylic acids is 1. The van der Waals surface area contributed by atoms with E-state index < -0.39 is 23.4 Å². The Balaban J connectivity index is 1.70. The summed E-state index contributed by atoms with van der Waals surface area (Å²) < 4.78 is 33.6. The van der Waals surface area contributed by atoms with Gasteiger partial charge in [0.05, 0.1) is 12.8 Å². The maximum absolute atomic E-state index is 13.6. The van der Waals surface area contributed by atoms with Crippen LogP contribution in [0.15, 0.2) is 95.8 Å². The van der Waals surface area contributed by atoms with E-state index in [2.05, 4.69) is 10.4 Å². The van der Waals surface area contributed by atoms with Gasteiger partial charge in [-0.05, 0) is 35.9 Å². The SMILES string of the molecule is COc1cccc(-c2ccc(=O)n(C(Cc3ccccc3)C(=O)Nc3ccc(C(C)(F)F)cc3)n2)c1. The molecule has 8 heteroatoms. The van der Waals surface area contributed by atoms with Gasteiger partial charge in [-0.25, -0.2) is 13.5 Å². The van der Waals surface area contributed by atoms with Gasteiger partial charge in [-0.2, -0.15) is 5.10 Å². The number of ether oxygens (including phenoxy) is 1. The molecule has 0 aliphatic rings. The Hall–Kier alpha value is -4.33. The Morgan fingerprint density at radius 2 is 1.72 bits per heavy atom. The van der Waals surface area contributed by atoms with Crippen LogP contribution in [-0.4, -0.2) is 22.8 Å². The number of nitrogens with one attached hydrogen (secondary N) is 1. The van der Waals surface area contributed by atoms with E-state index in [-0.39, 0.29) is 12.0 Å². The molecule has 1 aromatic heterocycles. The second-order valence-electron chi connectivity index (χ2n) is 8.39. The summed E-state index contributed by atoms with van der Waals surface area (Å²) in [7, 11) is 1.56. The van der Waals surface area contributed by atoms with Crippen LogP contribution in [0.5, 0.6) is 5.75 Å². The maximum atomic E-state index is 13.6. The minimum absolute atomic E-state index is 0.162. The minimum atomic E-state index is -2.99. The van der Waals surface area contributed by atoms with E-state index in [4.69, 9.17) is 4.74 Å². The number of alkyl halides is 2. The fourth-order valence-electron chi connectivity index (χ4n) is 3.78. The third kappa shape index (κ3) is 5.83. The summed E-state index contributed by atoms with van der Waals surface area (Å²) in [5, 5.41) is 7.25. The largest absolute Gasteiger partial charge is 0.497 e. The standard InChI is InChI=1S/C28H25F2N3O3/c1-28(29,30)21-11-13-22(14-12-21)31-27(35)25(17-19-7-4-3-5-8-19)33-26(34)16-15-24(32-33)20-9-6-10-23(18-20)36-2/h3-16,18,25H,17H2,1-2H3,(H,31,35). The number of benzene rings is 3. The molecule has 0 saturated heterocycles. The lowest BCUT2D eigenvalue weighted by atomic mass is 10.0. The molecule has 0 radical (unpaired) electrons. The summed E-state index contributed by atoms with van der Waals surface area (Å²) in [5.74, 6) is -2.85. The third-order valence-corrected chi connectivity index (χ3v) is 5.72. The molecule has 0 fully saturated rings. The molecule has 184 valence electrons. The number of rotatable bonds is 8. The zero-order valence-corrected chi connectivity index (χ0v) is 19.8. The fourth-order valence-corrected chi connectivity index (χ4v) is 3.78. The molecule has 4 rings (SSSR count). The monoisotopic (exact) mass is 489 g/mol. The van der Waals surface area contributed by atoms with Gasteiger partial charge >= 0.3 is 0 Å². The van der Waals surface area contributed by atoms with Crippen LogP contribution >= 0.6 is 0 Å². The Bertz CT molecular complexity index is 1400. The van der Waals surface area contributed by atoms with Crippen LogP contribution in [0.25, 0.3) is 11.3 Å². The van der Waals surface area contributed by atoms with Crippen LogP contribution in [-0.2, 0) is 17.1 Å². The zero-order chi connectivity index (χ0) is 25.7.